The molecule has 3 N–H and O–H groups in total. The summed E-state index contributed by atoms with van der Waals surface area (Å²) in [6.45, 7) is 0. The van der Waals surface area contributed by atoms with Crippen molar-refractivity contribution in [3.05, 3.63) is 40.7 Å². The number of primary sulfonamides is 1. The summed E-state index contributed by atoms with van der Waals surface area (Å²) in [7, 11) is -3.73. The van der Waals surface area contributed by atoms with E-state index in [-0.39, 0.29) is 10.5 Å². The molecular weight excluding hydrogens is 216 g/mol. The van der Waals surface area contributed by atoms with Gasteiger partial charge in [0.1, 0.15) is 0 Å². The van der Waals surface area contributed by atoms with Crippen molar-refractivity contribution in [2.75, 3.05) is 0 Å². The molecule has 15 heavy (non-hydrogen) atoms. The summed E-state index contributed by atoms with van der Waals surface area (Å²) < 4.78 is 22.1. The van der Waals surface area contributed by atoms with Gasteiger partial charge in [0.25, 0.3) is 0 Å². The van der Waals surface area contributed by atoms with E-state index >= 15 is 0 Å². The maximum absolute atomic E-state index is 11.0. The van der Waals surface area contributed by atoms with Crippen LogP contribution in [-0.4, -0.2) is 13.4 Å². The molecule has 1 aromatic heterocycles. The minimum absolute atomic E-state index is 0.0168. The van der Waals surface area contributed by atoms with E-state index in [1.54, 1.807) is 12.1 Å². The largest absolute Gasteiger partial charge is 0.322 e. The zero-order valence-corrected chi connectivity index (χ0v) is 8.41. The number of nitrogens with one attached hydrogen (secondary N) is 1. The van der Waals surface area contributed by atoms with Crippen LogP contribution in [0.25, 0.3) is 10.9 Å². The number of fused-ring (bicyclic) bond motifs is 1. The van der Waals surface area contributed by atoms with E-state index in [1.807, 2.05) is 0 Å². The Bertz CT molecular complexity index is 673. The Morgan fingerprint density at radius 2 is 1.80 bits per heavy atom. The second kappa shape index (κ2) is 3.18. The molecule has 0 aliphatic heterocycles. The molecule has 2 aromatic rings. The van der Waals surface area contributed by atoms with Gasteiger partial charge in [-0.1, -0.05) is 6.07 Å². The van der Waals surface area contributed by atoms with Crippen molar-refractivity contribution in [1.82, 2.24) is 4.98 Å². The minimum atomic E-state index is -3.73. The summed E-state index contributed by atoms with van der Waals surface area (Å²) in [6.07, 6.45) is 0. The van der Waals surface area contributed by atoms with Gasteiger partial charge in [-0.2, -0.15) is 0 Å². The smallest absolute Gasteiger partial charge is 0.248 e. The number of hydrogen-bond acceptors (Lipinski definition) is 3. The summed E-state index contributed by atoms with van der Waals surface area (Å²) in [5, 5.41) is 5.72. The van der Waals surface area contributed by atoms with Crippen molar-refractivity contribution >= 4 is 20.9 Å². The molecule has 6 heteroatoms. The Morgan fingerprint density at radius 1 is 1.13 bits per heavy atom. The lowest BCUT2D eigenvalue weighted by atomic mass is 10.2. The maximum atomic E-state index is 11.0. The molecule has 0 amide bonds. The Balaban J connectivity index is 2.81. The summed E-state index contributed by atoms with van der Waals surface area (Å²) in [4.78, 5) is 13.5. The fourth-order valence-electron chi connectivity index (χ4n) is 1.31. The first kappa shape index (κ1) is 9.88. The zero-order valence-electron chi connectivity index (χ0n) is 7.60. The monoisotopic (exact) mass is 224 g/mol. The van der Waals surface area contributed by atoms with Gasteiger partial charge >= 0.3 is 0 Å². The molecule has 0 radical (unpaired) electrons. The normalized spacial score (nSPS) is 11.8. The van der Waals surface area contributed by atoms with Crippen molar-refractivity contribution in [1.29, 1.82) is 0 Å². The number of sulfonamides is 1. The van der Waals surface area contributed by atoms with Crippen molar-refractivity contribution in [3.8, 4) is 0 Å². The van der Waals surface area contributed by atoms with Crippen molar-refractivity contribution < 1.29 is 8.42 Å². The zero-order chi connectivity index (χ0) is 11.1. The van der Waals surface area contributed by atoms with Crippen LogP contribution < -0.4 is 10.7 Å². The Morgan fingerprint density at radius 3 is 2.47 bits per heavy atom. The van der Waals surface area contributed by atoms with Gasteiger partial charge in [-0.25, -0.2) is 13.6 Å². The van der Waals surface area contributed by atoms with Gasteiger partial charge in [-0.05, 0) is 23.6 Å². The molecule has 1 heterocycles. The van der Waals surface area contributed by atoms with E-state index in [1.165, 1.54) is 18.2 Å². The van der Waals surface area contributed by atoms with E-state index in [9.17, 15) is 13.2 Å². The number of aromatic amines is 1. The SMILES string of the molecule is NS(=O)(=O)c1ccc2ccc(=O)[nH]c2c1. The van der Waals surface area contributed by atoms with Crippen LogP contribution in [0.3, 0.4) is 0 Å². The first-order valence-electron chi connectivity index (χ1n) is 4.13. The molecule has 0 spiro atoms. The van der Waals surface area contributed by atoms with E-state index in [2.05, 4.69) is 4.98 Å². The molecule has 0 bridgehead atoms. The highest BCUT2D eigenvalue weighted by molar-refractivity contribution is 7.89. The summed E-state index contributed by atoms with van der Waals surface area (Å²) in [5.74, 6) is 0. The Labute approximate surface area is 85.6 Å². The molecule has 0 atom stereocenters. The van der Waals surface area contributed by atoms with Crippen LogP contribution in [-0.2, 0) is 10.0 Å². The average molecular weight is 224 g/mol. The quantitative estimate of drug-likeness (QED) is 0.723. The van der Waals surface area contributed by atoms with Crippen LogP contribution in [0.15, 0.2) is 40.0 Å². The third-order valence-electron chi connectivity index (χ3n) is 2.03. The molecule has 0 fully saturated rings. The highest BCUT2D eigenvalue weighted by atomic mass is 32.2. The van der Waals surface area contributed by atoms with Gasteiger partial charge in [-0.3, -0.25) is 4.79 Å². The second-order valence-corrected chi connectivity index (χ2v) is 4.68. The van der Waals surface area contributed by atoms with E-state index < -0.39 is 10.0 Å². The lowest BCUT2D eigenvalue weighted by molar-refractivity contribution is 0.598. The van der Waals surface area contributed by atoms with Crippen LogP contribution in [0.5, 0.6) is 0 Å². The number of rotatable bonds is 1. The fourth-order valence-corrected chi connectivity index (χ4v) is 1.85. The summed E-state index contributed by atoms with van der Waals surface area (Å²) in [6, 6.07) is 7.31. The average Bonchev–Trinajstić information content (AvgIpc) is 2.15. The van der Waals surface area contributed by atoms with Crippen LogP contribution >= 0.6 is 0 Å². The summed E-state index contributed by atoms with van der Waals surface area (Å²) in [5.41, 5.74) is 0.170. The standard InChI is InChI=1S/C9H8N2O3S/c10-15(13,14)7-3-1-6-2-4-9(12)11-8(6)5-7/h1-5H,(H,11,12)(H2,10,13,14). The van der Waals surface area contributed by atoms with Gasteiger partial charge in [0.05, 0.1) is 4.90 Å². The molecule has 78 valence electrons. The van der Waals surface area contributed by atoms with Crippen LogP contribution in [0.2, 0.25) is 0 Å². The van der Waals surface area contributed by atoms with E-state index in [0.29, 0.717) is 5.52 Å². The number of pyridine rings is 1. The predicted octanol–water partition coefficient (Wildman–Crippen LogP) is 0.176. The Hall–Kier alpha value is -1.66. The number of H-pyrrole nitrogens is 1. The maximum Gasteiger partial charge on any atom is 0.248 e. The first-order valence-corrected chi connectivity index (χ1v) is 5.67. The molecule has 0 aliphatic rings. The molecule has 0 saturated carbocycles. The van der Waals surface area contributed by atoms with E-state index in [0.717, 1.165) is 5.39 Å². The molecule has 5 nitrogen and oxygen atoms in total. The van der Waals surface area contributed by atoms with Gasteiger partial charge in [0, 0.05) is 11.6 Å². The molecule has 0 saturated heterocycles. The number of benzene rings is 1. The highest BCUT2D eigenvalue weighted by Gasteiger charge is 2.07. The van der Waals surface area contributed by atoms with Gasteiger partial charge in [0.2, 0.25) is 15.6 Å². The van der Waals surface area contributed by atoms with Gasteiger partial charge < -0.3 is 4.98 Å². The Kier molecular flexibility index (Phi) is 2.09. The minimum Gasteiger partial charge on any atom is -0.322 e. The van der Waals surface area contributed by atoms with Crippen LogP contribution in [0, 0.1) is 0 Å². The third-order valence-corrected chi connectivity index (χ3v) is 2.94. The van der Waals surface area contributed by atoms with E-state index in [4.69, 9.17) is 5.14 Å². The lowest BCUT2D eigenvalue weighted by Crippen LogP contribution is -2.12. The molecular formula is C9H8N2O3S. The second-order valence-electron chi connectivity index (χ2n) is 3.12. The van der Waals surface area contributed by atoms with Crippen molar-refractivity contribution in [2.45, 2.75) is 4.90 Å². The third kappa shape index (κ3) is 1.90. The number of aromatic nitrogens is 1. The fraction of sp³-hybridized carbons (Fsp3) is 0. The molecule has 2 rings (SSSR count). The highest BCUT2D eigenvalue weighted by Crippen LogP contribution is 2.14. The number of hydrogen-bond donors (Lipinski definition) is 2. The first-order chi connectivity index (χ1) is 6.97. The predicted molar refractivity (Wildman–Crippen MR) is 55.9 cm³/mol. The lowest BCUT2D eigenvalue weighted by Gasteiger charge is -2.00. The molecule has 0 unspecified atom stereocenters. The molecule has 1 aromatic carbocycles. The number of nitrogens with two attached hydrogens (primary N) is 1. The van der Waals surface area contributed by atoms with Gasteiger partial charge in [-0.15, -0.1) is 0 Å². The van der Waals surface area contributed by atoms with Crippen molar-refractivity contribution in [2.24, 2.45) is 5.14 Å². The van der Waals surface area contributed by atoms with Crippen LogP contribution in [0.4, 0.5) is 0 Å². The van der Waals surface area contributed by atoms with Crippen molar-refractivity contribution in [3.63, 3.8) is 0 Å². The molecule has 0 aliphatic carbocycles. The summed E-state index contributed by atoms with van der Waals surface area (Å²) >= 11 is 0. The van der Waals surface area contributed by atoms with Gasteiger partial charge in [0.15, 0.2) is 0 Å². The van der Waals surface area contributed by atoms with Crippen LogP contribution in [0.1, 0.15) is 0 Å². The topological polar surface area (TPSA) is 93.0 Å².